The van der Waals surface area contributed by atoms with Crippen LogP contribution in [-0.2, 0) is 22.6 Å². The first-order valence-electron chi connectivity index (χ1n) is 9.79. The van der Waals surface area contributed by atoms with Crippen LogP contribution in [0.4, 0.5) is 0 Å². The van der Waals surface area contributed by atoms with E-state index in [0.717, 1.165) is 22.4 Å². The zero-order valence-electron chi connectivity index (χ0n) is 18.2. The second kappa shape index (κ2) is 9.97. The van der Waals surface area contributed by atoms with Crippen LogP contribution in [0.15, 0.2) is 51.7 Å². The van der Waals surface area contributed by atoms with Crippen LogP contribution in [0.1, 0.15) is 21.6 Å². The normalized spacial score (nSPS) is 12.2. The maximum atomic E-state index is 12.9. The monoisotopic (exact) mass is 506 g/mol. The Kier molecular flexibility index (Phi) is 7.56. The molecule has 0 saturated carbocycles. The molecule has 8 heteroatoms. The van der Waals surface area contributed by atoms with Gasteiger partial charge in [0.15, 0.2) is 0 Å². The van der Waals surface area contributed by atoms with Crippen LogP contribution in [0.5, 0.6) is 0 Å². The number of fused-ring (bicyclic) bond motifs is 1. The molecule has 31 heavy (non-hydrogen) atoms. The summed E-state index contributed by atoms with van der Waals surface area (Å²) in [5.74, 6) is 0.558. The van der Waals surface area contributed by atoms with Gasteiger partial charge in [0.05, 0.1) is 30.4 Å². The number of esters is 1. The Bertz CT molecular complexity index is 1150. The molecule has 0 radical (unpaired) electrons. The van der Waals surface area contributed by atoms with Gasteiger partial charge in [0, 0.05) is 22.0 Å². The molecular weight excluding hydrogens is 480 g/mol. The van der Waals surface area contributed by atoms with Gasteiger partial charge in [-0.05, 0) is 58.5 Å². The van der Waals surface area contributed by atoms with E-state index in [4.69, 9.17) is 9.47 Å². The fourth-order valence-corrected chi connectivity index (χ4v) is 4.15. The summed E-state index contributed by atoms with van der Waals surface area (Å²) in [6.07, 6.45) is 7.16. The van der Waals surface area contributed by atoms with E-state index in [1.165, 1.54) is 11.8 Å². The fourth-order valence-electron chi connectivity index (χ4n) is 3.13. The minimum Gasteiger partial charge on any atom is -0.465 e. The molecular formula is C23H27BrN2O4S. The van der Waals surface area contributed by atoms with Gasteiger partial charge in [0.25, 0.3) is 5.56 Å². The lowest BCUT2D eigenvalue weighted by Crippen LogP contribution is -2.26. The summed E-state index contributed by atoms with van der Waals surface area (Å²) in [6.45, 7) is 0.699. The number of rotatable bonds is 8. The zero-order chi connectivity index (χ0) is 22.6. The van der Waals surface area contributed by atoms with Crippen molar-refractivity contribution < 1.29 is 14.3 Å². The third kappa shape index (κ3) is 5.96. The number of hydrogen-bond acceptors (Lipinski definition) is 5. The molecule has 0 atom stereocenters. The summed E-state index contributed by atoms with van der Waals surface area (Å²) in [5.41, 5.74) is 1.92. The van der Waals surface area contributed by atoms with Crippen molar-refractivity contribution in [3.8, 4) is 0 Å². The van der Waals surface area contributed by atoms with Crippen molar-refractivity contribution in [2.24, 2.45) is 0 Å². The standard InChI is InChI=1S/C23H27BrN2O4S/c1-29-23(28)19-13-16(9-10-20(19)24)14-21-17-7-5-6-8-18(17)22(27)26(25-21)15-30-11-12-31(2,3)4/h5-10,13H,11-12,14-15H2,1-4H3. The molecule has 0 aliphatic heterocycles. The van der Waals surface area contributed by atoms with E-state index in [1.807, 2.05) is 30.3 Å². The number of benzene rings is 2. The molecule has 0 N–H and O–H groups in total. The molecule has 3 rings (SSSR count). The number of hydrogen-bond donors (Lipinski definition) is 0. The fraction of sp³-hybridized carbons (Fsp3) is 0.348. The summed E-state index contributed by atoms with van der Waals surface area (Å²) in [4.78, 5) is 24.9. The molecule has 1 heterocycles. The van der Waals surface area contributed by atoms with Gasteiger partial charge < -0.3 is 9.47 Å². The van der Waals surface area contributed by atoms with Crippen molar-refractivity contribution in [2.75, 3.05) is 38.2 Å². The Morgan fingerprint density at radius 2 is 1.84 bits per heavy atom. The van der Waals surface area contributed by atoms with Gasteiger partial charge in [-0.25, -0.2) is 19.5 Å². The van der Waals surface area contributed by atoms with E-state index >= 15 is 0 Å². The van der Waals surface area contributed by atoms with Crippen molar-refractivity contribution in [3.63, 3.8) is 0 Å². The highest BCUT2D eigenvalue weighted by Gasteiger charge is 2.15. The lowest BCUT2D eigenvalue weighted by atomic mass is 10.0. The molecule has 0 saturated heterocycles. The molecule has 166 valence electrons. The predicted molar refractivity (Wildman–Crippen MR) is 130 cm³/mol. The van der Waals surface area contributed by atoms with E-state index in [2.05, 4.69) is 39.8 Å². The summed E-state index contributed by atoms with van der Waals surface area (Å²) in [5, 5.41) is 6.00. The Hall–Kier alpha value is -2.16. The maximum Gasteiger partial charge on any atom is 0.339 e. The maximum absolute atomic E-state index is 12.9. The van der Waals surface area contributed by atoms with Gasteiger partial charge in [0.1, 0.15) is 6.73 Å². The number of nitrogens with zero attached hydrogens (tertiary/aromatic N) is 2. The minimum absolute atomic E-state index is 0.111. The third-order valence-electron chi connectivity index (χ3n) is 4.81. The van der Waals surface area contributed by atoms with Crippen LogP contribution in [0.3, 0.4) is 0 Å². The van der Waals surface area contributed by atoms with Crippen molar-refractivity contribution in [2.45, 2.75) is 13.2 Å². The topological polar surface area (TPSA) is 70.4 Å². The van der Waals surface area contributed by atoms with E-state index in [0.29, 0.717) is 28.5 Å². The number of aromatic nitrogens is 2. The molecule has 0 unspecified atom stereocenters. The van der Waals surface area contributed by atoms with Crippen molar-refractivity contribution in [1.82, 2.24) is 9.78 Å². The number of halogens is 1. The average Bonchev–Trinajstić information content (AvgIpc) is 2.74. The summed E-state index contributed by atoms with van der Waals surface area (Å²) < 4.78 is 12.7. The highest BCUT2D eigenvalue weighted by Crippen LogP contribution is 2.33. The van der Waals surface area contributed by atoms with Gasteiger partial charge in [-0.3, -0.25) is 4.79 Å². The van der Waals surface area contributed by atoms with Crippen LogP contribution in [0.2, 0.25) is 0 Å². The third-order valence-corrected chi connectivity index (χ3v) is 6.89. The first kappa shape index (κ1) is 23.5. The van der Waals surface area contributed by atoms with Gasteiger partial charge in [-0.2, -0.15) is 5.10 Å². The number of carbonyl (C=O) groups excluding carboxylic acids is 1. The van der Waals surface area contributed by atoms with E-state index in [-0.39, 0.29) is 12.3 Å². The Labute approximate surface area is 192 Å². The zero-order valence-corrected chi connectivity index (χ0v) is 20.6. The number of methoxy groups -OCH3 is 1. The second-order valence-electron chi connectivity index (χ2n) is 8.11. The van der Waals surface area contributed by atoms with Crippen LogP contribution in [0.25, 0.3) is 10.8 Å². The van der Waals surface area contributed by atoms with Crippen molar-refractivity contribution >= 4 is 42.7 Å². The van der Waals surface area contributed by atoms with Gasteiger partial charge in [0.2, 0.25) is 0 Å². The molecule has 2 aromatic carbocycles. The predicted octanol–water partition coefficient (Wildman–Crippen LogP) is 4.20. The van der Waals surface area contributed by atoms with Crippen LogP contribution in [-0.4, -0.2) is 54.0 Å². The summed E-state index contributed by atoms with van der Waals surface area (Å²) in [6, 6.07) is 13.0. The Morgan fingerprint density at radius 1 is 1.13 bits per heavy atom. The van der Waals surface area contributed by atoms with Crippen LogP contribution >= 0.6 is 26.0 Å². The number of ether oxygens (including phenoxy) is 2. The molecule has 6 nitrogen and oxygen atoms in total. The van der Waals surface area contributed by atoms with Gasteiger partial charge in [-0.15, -0.1) is 0 Å². The highest BCUT2D eigenvalue weighted by atomic mass is 79.9. The molecule has 1 aromatic heterocycles. The lowest BCUT2D eigenvalue weighted by molar-refractivity contribution is 0.0599. The quantitative estimate of drug-likeness (QED) is 0.338. The van der Waals surface area contributed by atoms with Crippen LogP contribution < -0.4 is 5.56 Å². The Morgan fingerprint density at radius 3 is 2.52 bits per heavy atom. The van der Waals surface area contributed by atoms with Gasteiger partial charge >= 0.3 is 5.97 Å². The largest absolute Gasteiger partial charge is 0.465 e. The minimum atomic E-state index is -0.664. The first-order chi connectivity index (χ1) is 14.7. The van der Waals surface area contributed by atoms with E-state index in [9.17, 15) is 9.59 Å². The molecule has 3 aromatic rings. The smallest absolute Gasteiger partial charge is 0.339 e. The van der Waals surface area contributed by atoms with E-state index in [1.54, 1.807) is 12.1 Å². The van der Waals surface area contributed by atoms with Crippen LogP contribution in [0, 0.1) is 0 Å². The highest BCUT2D eigenvalue weighted by molar-refractivity contribution is 9.10. The molecule has 0 bridgehead atoms. The lowest BCUT2D eigenvalue weighted by Gasteiger charge is -2.24. The molecule has 0 aliphatic carbocycles. The van der Waals surface area contributed by atoms with Crippen molar-refractivity contribution in [3.05, 3.63) is 74.1 Å². The second-order valence-corrected chi connectivity index (χ2v) is 13.6. The molecule has 0 amide bonds. The average molecular weight is 507 g/mol. The summed E-state index contributed by atoms with van der Waals surface area (Å²) in [7, 11) is 0.691. The Balaban J connectivity index is 1.94. The SMILES string of the molecule is COC(=O)c1cc(Cc2nn(COCCS(C)(C)C)c(=O)c3ccccc23)ccc1Br. The molecule has 0 fully saturated rings. The summed E-state index contributed by atoms with van der Waals surface area (Å²) >= 11 is 3.39. The van der Waals surface area contributed by atoms with E-state index < -0.39 is 16.0 Å². The van der Waals surface area contributed by atoms with Crippen molar-refractivity contribution in [1.29, 1.82) is 0 Å². The molecule has 0 aliphatic rings. The number of carbonyl (C=O) groups is 1. The van der Waals surface area contributed by atoms with Gasteiger partial charge in [-0.1, -0.05) is 24.3 Å². The molecule has 0 spiro atoms. The first-order valence-corrected chi connectivity index (χ1v) is 13.6.